The van der Waals surface area contributed by atoms with Gasteiger partial charge in [0.2, 0.25) is 0 Å². The number of aryl methyl sites for hydroxylation is 1. The minimum atomic E-state index is -0.683. The predicted molar refractivity (Wildman–Crippen MR) is 79.4 cm³/mol. The van der Waals surface area contributed by atoms with Crippen LogP contribution in [0.4, 0.5) is 0 Å². The molecule has 0 bridgehead atoms. The van der Waals surface area contributed by atoms with E-state index in [0.29, 0.717) is 0 Å². The van der Waals surface area contributed by atoms with Crippen molar-refractivity contribution in [1.82, 2.24) is 15.3 Å². The molecule has 0 unspecified atom stereocenters. The van der Waals surface area contributed by atoms with Gasteiger partial charge in [-0.05, 0) is 51.3 Å². The zero-order valence-electron chi connectivity index (χ0n) is 12.3. The number of hydrogen-bond donors (Lipinski definition) is 2. The van der Waals surface area contributed by atoms with Crippen LogP contribution in [0.2, 0.25) is 0 Å². The van der Waals surface area contributed by atoms with Gasteiger partial charge in [0.1, 0.15) is 0 Å². The smallest absolute Gasteiger partial charge is 0.0914 e. The first kappa shape index (κ1) is 13.5. The summed E-state index contributed by atoms with van der Waals surface area (Å²) < 4.78 is 0. The maximum absolute atomic E-state index is 10.2. The molecule has 0 spiro atoms. The molecule has 4 nitrogen and oxygen atoms in total. The Morgan fingerprint density at radius 1 is 1.35 bits per heavy atom. The zero-order chi connectivity index (χ0) is 14.4. The summed E-state index contributed by atoms with van der Waals surface area (Å²) in [6, 6.07) is 4.13. The molecule has 2 aromatic rings. The summed E-state index contributed by atoms with van der Waals surface area (Å²) in [5.74, 6) is 0. The van der Waals surface area contributed by atoms with E-state index in [9.17, 15) is 5.11 Å². The monoisotopic (exact) mass is 271 g/mol. The van der Waals surface area contributed by atoms with E-state index in [1.165, 1.54) is 0 Å². The third-order valence-corrected chi connectivity index (χ3v) is 4.39. The van der Waals surface area contributed by atoms with Crippen molar-refractivity contribution < 1.29 is 5.11 Å². The van der Waals surface area contributed by atoms with Crippen LogP contribution in [0.3, 0.4) is 0 Å². The van der Waals surface area contributed by atoms with Crippen LogP contribution in [-0.2, 0) is 6.54 Å². The van der Waals surface area contributed by atoms with Crippen molar-refractivity contribution in [2.75, 3.05) is 0 Å². The highest BCUT2D eigenvalue weighted by atomic mass is 16.3. The van der Waals surface area contributed by atoms with Crippen LogP contribution in [0.5, 0.6) is 0 Å². The zero-order valence-corrected chi connectivity index (χ0v) is 12.3. The van der Waals surface area contributed by atoms with Gasteiger partial charge in [-0.1, -0.05) is 0 Å². The summed E-state index contributed by atoms with van der Waals surface area (Å²) in [4.78, 5) is 8.75. The molecule has 106 valence electrons. The molecule has 3 rings (SSSR count). The van der Waals surface area contributed by atoms with Gasteiger partial charge >= 0.3 is 0 Å². The van der Waals surface area contributed by atoms with E-state index in [1.54, 1.807) is 0 Å². The average Bonchev–Trinajstić information content (AvgIpc) is 3.17. The van der Waals surface area contributed by atoms with Crippen LogP contribution in [0.15, 0.2) is 24.5 Å². The Bertz CT molecular complexity index is 642. The van der Waals surface area contributed by atoms with Crippen molar-refractivity contribution in [2.24, 2.45) is 0 Å². The molecule has 20 heavy (non-hydrogen) atoms. The maximum Gasteiger partial charge on any atom is 0.0914 e. The van der Waals surface area contributed by atoms with Crippen LogP contribution >= 0.6 is 0 Å². The summed E-state index contributed by atoms with van der Waals surface area (Å²) in [6.45, 7) is 6.45. The Morgan fingerprint density at radius 2 is 2.10 bits per heavy atom. The number of pyridine rings is 2. The second-order valence-corrected chi connectivity index (χ2v) is 6.31. The summed E-state index contributed by atoms with van der Waals surface area (Å²) in [5.41, 5.74) is 2.24. The molecule has 4 heteroatoms. The van der Waals surface area contributed by atoms with Crippen molar-refractivity contribution in [1.29, 1.82) is 0 Å². The molecule has 1 aliphatic rings. The minimum Gasteiger partial charge on any atom is -0.389 e. The van der Waals surface area contributed by atoms with E-state index >= 15 is 0 Å². The molecule has 0 aliphatic heterocycles. The Kier molecular flexibility index (Phi) is 3.03. The van der Waals surface area contributed by atoms with E-state index in [-0.39, 0.29) is 5.54 Å². The number of aromatic nitrogens is 2. The summed E-state index contributed by atoms with van der Waals surface area (Å²) in [5, 5.41) is 14.8. The normalized spacial score (nSPS) is 17.4. The van der Waals surface area contributed by atoms with Gasteiger partial charge in [0.15, 0.2) is 0 Å². The number of aliphatic hydroxyl groups is 1. The fourth-order valence-electron chi connectivity index (χ4n) is 2.75. The van der Waals surface area contributed by atoms with Crippen molar-refractivity contribution in [2.45, 2.75) is 51.3 Å². The second kappa shape index (κ2) is 4.50. The fraction of sp³-hybridized carbons (Fsp3) is 0.500. The van der Waals surface area contributed by atoms with Crippen LogP contribution in [0.1, 0.15) is 37.9 Å². The maximum atomic E-state index is 10.2. The van der Waals surface area contributed by atoms with Crippen molar-refractivity contribution in [3.05, 3.63) is 35.8 Å². The van der Waals surface area contributed by atoms with E-state index in [1.807, 2.05) is 39.2 Å². The second-order valence-electron chi connectivity index (χ2n) is 6.31. The van der Waals surface area contributed by atoms with Gasteiger partial charge in [-0.25, -0.2) is 0 Å². The van der Waals surface area contributed by atoms with Gasteiger partial charge in [-0.3, -0.25) is 9.97 Å². The van der Waals surface area contributed by atoms with Crippen LogP contribution < -0.4 is 5.32 Å². The van der Waals surface area contributed by atoms with E-state index in [0.717, 1.165) is 41.5 Å². The number of nitrogens with zero attached hydrogens (tertiary/aromatic N) is 2. The Hall–Kier alpha value is -1.52. The summed E-state index contributed by atoms with van der Waals surface area (Å²) >= 11 is 0. The molecule has 0 aromatic carbocycles. The average molecular weight is 271 g/mol. The Labute approximate surface area is 119 Å². The highest BCUT2D eigenvalue weighted by Gasteiger charge is 2.53. The fourth-order valence-corrected chi connectivity index (χ4v) is 2.75. The summed E-state index contributed by atoms with van der Waals surface area (Å²) in [7, 11) is 0. The van der Waals surface area contributed by atoms with E-state index in [4.69, 9.17) is 0 Å². The molecular formula is C16H21N3O. The molecule has 1 fully saturated rings. The van der Waals surface area contributed by atoms with Gasteiger partial charge in [0.25, 0.3) is 0 Å². The number of hydrogen-bond acceptors (Lipinski definition) is 4. The van der Waals surface area contributed by atoms with Gasteiger partial charge in [-0.15, -0.1) is 0 Å². The van der Waals surface area contributed by atoms with Crippen molar-refractivity contribution in [3.8, 4) is 0 Å². The molecule has 2 N–H and O–H groups in total. The first-order chi connectivity index (χ1) is 9.41. The van der Waals surface area contributed by atoms with Gasteiger partial charge < -0.3 is 10.4 Å². The lowest BCUT2D eigenvalue weighted by molar-refractivity contribution is 0.0250. The van der Waals surface area contributed by atoms with Crippen LogP contribution in [-0.4, -0.2) is 26.2 Å². The number of fused-ring (bicyclic) bond motifs is 1. The molecule has 2 heterocycles. The quantitative estimate of drug-likeness (QED) is 0.896. The minimum absolute atomic E-state index is 0.129. The third kappa shape index (κ3) is 2.30. The first-order valence-electron chi connectivity index (χ1n) is 7.09. The topological polar surface area (TPSA) is 58.0 Å². The van der Waals surface area contributed by atoms with Gasteiger partial charge in [0, 0.05) is 29.9 Å². The lowest BCUT2D eigenvalue weighted by Crippen LogP contribution is -2.49. The molecule has 0 amide bonds. The van der Waals surface area contributed by atoms with Crippen LogP contribution in [0, 0.1) is 6.92 Å². The van der Waals surface area contributed by atoms with Crippen molar-refractivity contribution >= 4 is 10.9 Å². The Morgan fingerprint density at radius 3 is 2.75 bits per heavy atom. The molecule has 2 aromatic heterocycles. The lowest BCUT2D eigenvalue weighted by Gasteiger charge is -2.30. The number of rotatable bonds is 4. The largest absolute Gasteiger partial charge is 0.389 e. The highest BCUT2D eigenvalue weighted by Crippen LogP contribution is 2.44. The SMILES string of the molecule is Cc1nccc2cc(CNC3(C(C)(C)O)CC3)cnc12. The standard InChI is InChI=1S/C16H21N3O/c1-11-14-13(4-7-17-11)8-12(9-18-14)10-19-16(5-6-16)15(2,3)20/h4,7-9,19-20H,5-6,10H2,1-3H3. The molecule has 1 saturated carbocycles. The lowest BCUT2D eigenvalue weighted by atomic mass is 9.96. The first-order valence-corrected chi connectivity index (χ1v) is 7.09. The third-order valence-electron chi connectivity index (χ3n) is 4.39. The molecular weight excluding hydrogens is 250 g/mol. The van der Waals surface area contributed by atoms with Crippen molar-refractivity contribution in [3.63, 3.8) is 0 Å². The van der Waals surface area contributed by atoms with Gasteiger partial charge in [-0.2, -0.15) is 0 Å². The van der Waals surface area contributed by atoms with E-state index in [2.05, 4.69) is 21.4 Å². The number of nitrogens with one attached hydrogen (secondary N) is 1. The van der Waals surface area contributed by atoms with Gasteiger partial charge in [0.05, 0.1) is 16.8 Å². The Balaban J connectivity index is 1.79. The predicted octanol–water partition coefficient (Wildman–Crippen LogP) is 2.33. The molecule has 0 atom stereocenters. The summed E-state index contributed by atoms with van der Waals surface area (Å²) in [6.07, 6.45) is 5.77. The molecule has 0 saturated heterocycles. The highest BCUT2D eigenvalue weighted by molar-refractivity contribution is 5.80. The van der Waals surface area contributed by atoms with E-state index < -0.39 is 5.60 Å². The molecule has 0 radical (unpaired) electrons. The molecule has 1 aliphatic carbocycles. The van der Waals surface area contributed by atoms with Crippen LogP contribution in [0.25, 0.3) is 10.9 Å².